The van der Waals surface area contributed by atoms with Crippen molar-refractivity contribution in [3.8, 4) is 11.8 Å². The zero-order valence-electron chi connectivity index (χ0n) is 3.12. The van der Waals surface area contributed by atoms with Gasteiger partial charge in [-0.1, -0.05) is 5.92 Å². The molecule has 0 aromatic rings. The molecule has 0 saturated heterocycles. The lowest BCUT2D eigenvalue weighted by atomic mass is 10.6. The minimum absolute atomic E-state index is 0.267. The van der Waals surface area contributed by atoms with Crippen LogP contribution in [-0.4, -0.2) is 6.61 Å². The Kier molecular flexibility index (Phi) is 3.18. The summed E-state index contributed by atoms with van der Waals surface area (Å²) in [5, 5.41) is 9.36. The molecule has 0 saturated carbocycles. The van der Waals surface area contributed by atoms with Gasteiger partial charge >= 0.3 is 0 Å². The Balaban J connectivity index is 2.81. The number of rotatable bonds is 0. The third-order valence-electron chi connectivity index (χ3n) is 0.249. The van der Waals surface area contributed by atoms with Crippen LogP contribution >= 0.6 is 0 Å². The van der Waals surface area contributed by atoms with Crippen molar-refractivity contribution in [3.05, 3.63) is 0 Å². The molecule has 0 bridgehead atoms. The fourth-order valence-corrected chi connectivity index (χ4v) is 0.0722. The molecule has 0 aromatic carbocycles. The van der Waals surface area contributed by atoms with Gasteiger partial charge in [0.2, 0.25) is 0 Å². The maximum absolute atomic E-state index is 9.36. The first-order valence-corrected chi connectivity index (χ1v) is 1.39. The summed E-state index contributed by atoms with van der Waals surface area (Å²) < 4.78 is 0. The molecule has 1 nitrogen and oxygen atoms in total. The van der Waals surface area contributed by atoms with Crippen molar-refractivity contribution >= 4 is 0 Å². The Bertz CT molecular complexity index is 55.8. The summed E-state index contributed by atoms with van der Waals surface area (Å²) in [6, 6.07) is 0. The van der Waals surface area contributed by atoms with E-state index < -0.39 is 0 Å². The summed E-state index contributed by atoms with van der Waals surface area (Å²) >= 11 is 0. The van der Waals surface area contributed by atoms with Crippen LogP contribution in [0.25, 0.3) is 0 Å². The van der Waals surface area contributed by atoms with Crippen molar-refractivity contribution in [3.63, 3.8) is 0 Å². The molecule has 0 amide bonds. The minimum Gasteiger partial charge on any atom is -0.223 e. The molecule has 0 unspecified atom stereocenters. The lowest BCUT2D eigenvalue weighted by molar-refractivity contribution is 0.239. The molecule has 1 heteroatoms. The van der Waals surface area contributed by atoms with Gasteiger partial charge in [0.05, 0.1) is 0 Å². The van der Waals surface area contributed by atoms with E-state index in [1.54, 1.807) is 6.92 Å². The molecule has 5 heavy (non-hydrogen) atoms. The number of hydrogen-bond acceptors (Lipinski definition) is 0. The van der Waals surface area contributed by atoms with Crippen molar-refractivity contribution < 1.29 is 5.11 Å². The van der Waals surface area contributed by atoms with Crippen molar-refractivity contribution in [2.45, 2.75) is 6.92 Å². The zero-order valence-corrected chi connectivity index (χ0v) is 3.12. The van der Waals surface area contributed by atoms with Crippen LogP contribution in [0.5, 0.6) is 0 Å². The molecule has 0 aliphatic carbocycles. The predicted octanol–water partition coefficient (Wildman–Crippen LogP) is 0.440. The van der Waals surface area contributed by atoms with Gasteiger partial charge in [0.25, 0.3) is 0 Å². The van der Waals surface area contributed by atoms with Crippen molar-refractivity contribution in [2.75, 3.05) is 6.61 Å². The highest BCUT2D eigenvalue weighted by Crippen LogP contribution is 1.46. The minimum atomic E-state index is -0.267. The summed E-state index contributed by atoms with van der Waals surface area (Å²) in [6.07, 6.45) is 0. The Morgan fingerprint density at radius 2 is 2.40 bits per heavy atom. The monoisotopic (exact) mass is 69.0 g/mol. The van der Waals surface area contributed by atoms with Crippen molar-refractivity contribution in [1.29, 1.82) is 0 Å². The van der Waals surface area contributed by atoms with E-state index in [0.717, 1.165) is 0 Å². The molecule has 0 aromatic heterocycles. The van der Waals surface area contributed by atoms with Gasteiger partial charge < -0.3 is 0 Å². The highest BCUT2D eigenvalue weighted by molar-refractivity contribution is 4.93. The van der Waals surface area contributed by atoms with Gasteiger partial charge in [0.1, 0.15) is 6.61 Å². The second-order valence-electron chi connectivity index (χ2n) is 0.571. The average Bonchev–Trinajstić information content (AvgIpc) is 1.41. The van der Waals surface area contributed by atoms with Crippen LogP contribution < -0.4 is 0 Å². The Hall–Kier alpha value is -0.480. The molecule has 0 aliphatic rings. The third kappa shape index (κ3) is 3.52. The molecule has 0 heterocycles. The zero-order chi connectivity index (χ0) is 4.12. The molecule has 27 valence electrons. The molecular weight excluding hydrogens is 64.0 g/mol. The normalized spacial score (nSPS) is 5.20. The van der Waals surface area contributed by atoms with Gasteiger partial charge in [-0.05, 0) is 6.92 Å². The van der Waals surface area contributed by atoms with Gasteiger partial charge in [0, 0.05) is 0 Å². The summed E-state index contributed by atoms with van der Waals surface area (Å²) in [7, 11) is 0. The first kappa shape index (κ1) is 4.52. The summed E-state index contributed by atoms with van der Waals surface area (Å²) in [5.74, 6) is 4.76. The fraction of sp³-hybridized carbons (Fsp3) is 0.500. The second kappa shape index (κ2) is 3.52. The first-order chi connectivity index (χ1) is 2.41. The van der Waals surface area contributed by atoms with Crippen molar-refractivity contribution in [1.82, 2.24) is 0 Å². The van der Waals surface area contributed by atoms with Crippen LogP contribution in [0.1, 0.15) is 6.92 Å². The van der Waals surface area contributed by atoms with Crippen LogP contribution in [0.4, 0.5) is 0 Å². The van der Waals surface area contributed by atoms with Gasteiger partial charge in [-0.2, -0.15) is 0 Å². The van der Waals surface area contributed by atoms with Gasteiger partial charge in [-0.15, -0.1) is 5.92 Å². The third-order valence-corrected chi connectivity index (χ3v) is 0.249. The predicted molar refractivity (Wildman–Crippen MR) is 19.0 cm³/mol. The summed E-state index contributed by atoms with van der Waals surface area (Å²) in [4.78, 5) is 0. The summed E-state index contributed by atoms with van der Waals surface area (Å²) in [6.45, 7) is 1.38. The molecule has 1 radical (unpaired) electrons. The lowest BCUT2D eigenvalue weighted by Crippen LogP contribution is -1.63. The molecule has 0 spiro atoms. The van der Waals surface area contributed by atoms with E-state index in [1.165, 1.54) is 0 Å². The Morgan fingerprint density at radius 1 is 1.80 bits per heavy atom. The Labute approximate surface area is 31.6 Å². The van der Waals surface area contributed by atoms with E-state index in [1.807, 2.05) is 0 Å². The maximum atomic E-state index is 9.36. The van der Waals surface area contributed by atoms with Crippen LogP contribution in [0.3, 0.4) is 0 Å². The maximum Gasteiger partial charge on any atom is 0.143 e. The van der Waals surface area contributed by atoms with E-state index in [-0.39, 0.29) is 6.61 Å². The van der Waals surface area contributed by atoms with E-state index in [9.17, 15) is 5.11 Å². The highest BCUT2D eigenvalue weighted by Gasteiger charge is 1.52. The largest absolute Gasteiger partial charge is 0.223 e. The molecule has 0 fully saturated rings. The Morgan fingerprint density at radius 3 is 2.40 bits per heavy atom. The van der Waals surface area contributed by atoms with E-state index in [2.05, 4.69) is 11.8 Å². The fourth-order valence-electron chi connectivity index (χ4n) is 0.0722. The SMILES string of the molecule is CC#CC[O]. The molecule has 0 atom stereocenters. The van der Waals surface area contributed by atoms with Gasteiger partial charge in [0.15, 0.2) is 0 Å². The van der Waals surface area contributed by atoms with E-state index in [0.29, 0.717) is 0 Å². The highest BCUT2D eigenvalue weighted by atomic mass is 16.2. The van der Waals surface area contributed by atoms with E-state index in [4.69, 9.17) is 0 Å². The van der Waals surface area contributed by atoms with Crippen LogP contribution in [-0.2, 0) is 5.11 Å². The van der Waals surface area contributed by atoms with Crippen LogP contribution in [0, 0.1) is 11.8 Å². The topological polar surface area (TPSA) is 19.9 Å². The lowest BCUT2D eigenvalue weighted by Gasteiger charge is -1.55. The molecular formula is C4H5O. The summed E-state index contributed by atoms with van der Waals surface area (Å²) in [5.41, 5.74) is 0. The second-order valence-corrected chi connectivity index (χ2v) is 0.571. The van der Waals surface area contributed by atoms with Crippen molar-refractivity contribution in [2.24, 2.45) is 0 Å². The van der Waals surface area contributed by atoms with Gasteiger partial charge in [-0.3, -0.25) is 0 Å². The smallest absolute Gasteiger partial charge is 0.143 e. The van der Waals surface area contributed by atoms with Gasteiger partial charge in [-0.25, -0.2) is 5.11 Å². The number of hydrogen-bond donors (Lipinski definition) is 0. The standard InChI is InChI=1S/C4H5O/c1-2-3-4-5/h4H2,1H3. The van der Waals surface area contributed by atoms with Crippen LogP contribution in [0.15, 0.2) is 0 Å². The molecule has 0 rings (SSSR count). The van der Waals surface area contributed by atoms with E-state index >= 15 is 0 Å². The quantitative estimate of drug-likeness (QED) is 0.368. The first-order valence-electron chi connectivity index (χ1n) is 1.39. The van der Waals surface area contributed by atoms with Crippen LogP contribution in [0.2, 0.25) is 0 Å². The average molecular weight is 69.1 g/mol. The molecule has 0 aliphatic heterocycles. The molecule has 0 N–H and O–H groups in total.